The van der Waals surface area contributed by atoms with Gasteiger partial charge in [-0.3, -0.25) is 9.59 Å². The molecule has 0 aliphatic carbocycles. The second-order valence-electron chi connectivity index (χ2n) is 11.9. The lowest BCUT2D eigenvalue weighted by molar-refractivity contribution is 0.103. The number of primary sulfonamides is 2. The minimum absolute atomic E-state index is 0. The van der Waals surface area contributed by atoms with E-state index in [1.807, 2.05) is 0 Å². The van der Waals surface area contributed by atoms with E-state index >= 15 is 0 Å². The number of hydrogen-bond acceptors (Lipinski definition) is 8. The number of phenols is 1. The van der Waals surface area contributed by atoms with Gasteiger partial charge in [0.1, 0.15) is 15.5 Å². The summed E-state index contributed by atoms with van der Waals surface area (Å²) in [6.07, 6.45) is 0. The number of carbonyl (C=O) groups is 2. The lowest BCUT2D eigenvalue weighted by Crippen LogP contribution is -2.44. The maximum Gasteiger partial charge on any atom is 0.252 e. The van der Waals surface area contributed by atoms with Crippen LogP contribution in [-0.4, -0.2) is 41.3 Å². The Labute approximate surface area is 312 Å². The molecule has 0 spiro atoms. The van der Waals surface area contributed by atoms with Crippen molar-refractivity contribution in [3.05, 3.63) is 117 Å². The zero-order valence-corrected chi connectivity index (χ0v) is 32.1. The minimum Gasteiger partial charge on any atom is -0.542 e. The molecule has 0 amide bonds. The van der Waals surface area contributed by atoms with Gasteiger partial charge < -0.3 is 9.53 Å². The highest BCUT2D eigenvalue weighted by molar-refractivity contribution is 7.89. The summed E-state index contributed by atoms with van der Waals surface area (Å²) in [5.41, 5.74) is -0.0402. The summed E-state index contributed by atoms with van der Waals surface area (Å²) in [7, 11) is -9.93. The number of carbonyl (C=O) groups excluding carboxylic acids is 2. The molecule has 0 heterocycles. The van der Waals surface area contributed by atoms with Crippen molar-refractivity contribution in [3.63, 3.8) is 0 Å². The average molecular weight is 826 g/mol. The van der Waals surface area contributed by atoms with E-state index in [4.69, 9.17) is 54.6 Å². The Morgan fingerprint density at radius 3 is 1.61 bits per heavy atom. The van der Waals surface area contributed by atoms with E-state index in [2.05, 4.69) is 33.9 Å². The van der Waals surface area contributed by atoms with Gasteiger partial charge in [-0.05, 0) is 96.5 Å². The van der Waals surface area contributed by atoms with Crippen LogP contribution in [0.2, 0.25) is 28.2 Å². The molecular formula is C33H37Cl3F2N2O8S2Si. The number of benzene rings is 4. The Bertz CT molecular complexity index is 2130. The van der Waals surface area contributed by atoms with Crippen LogP contribution in [0, 0.1) is 11.6 Å². The molecule has 0 atom stereocenters. The Hall–Kier alpha value is -3.41. The normalized spacial score (nSPS) is 11.5. The summed E-state index contributed by atoms with van der Waals surface area (Å²) in [5, 5.41) is 18.1. The van der Waals surface area contributed by atoms with E-state index in [1.54, 1.807) is 18.2 Å². The van der Waals surface area contributed by atoms with Crippen molar-refractivity contribution in [2.75, 3.05) is 0 Å². The van der Waals surface area contributed by atoms with Gasteiger partial charge >= 0.3 is 0 Å². The van der Waals surface area contributed by atoms with Gasteiger partial charge in [0.2, 0.25) is 20.0 Å². The van der Waals surface area contributed by atoms with E-state index in [0.717, 1.165) is 24.3 Å². The summed E-state index contributed by atoms with van der Waals surface area (Å²) in [6, 6.07) is 16.8. The maximum atomic E-state index is 13.4. The van der Waals surface area contributed by atoms with Crippen LogP contribution in [0.4, 0.5) is 8.78 Å². The van der Waals surface area contributed by atoms with Crippen LogP contribution < -0.4 is 14.7 Å². The van der Waals surface area contributed by atoms with E-state index in [1.165, 1.54) is 36.4 Å². The van der Waals surface area contributed by atoms with Gasteiger partial charge in [-0.15, -0.1) is 0 Å². The predicted molar refractivity (Wildman–Crippen MR) is 198 cm³/mol. The van der Waals surface area contributed by atoms with Gasteiger partial charge in [0, 0.05) is 16.7 Å². The molecule has 4 aromatic carbocycles. The molecule has 4 rings (SSSR count). The zero-order valence-electron chi connectivity index (χ0n) is 27.2. The number of halogens is 5. The summed E-state index contributed by atoms with van der Waals surface area (Å²) < 4.78 is 77.2. The molecule has 0 aromatic heterocycles. The van der Waals surface area contributed by atoms with Gasteiger partial charge in [-0.25, -0.2) is 35.9 Å². The first-order chi connectivity index (χ1) is 22.8. The highest BCUT2D eigenvalue weighted by Crippen LogP contribution is 2.37. The number of ketones is 1. The molecule has 4 aromatic rings. The van der Waals surface area contributed by atoms with Crippen LogP contribution in [0.1, 0.15) is 54.5 Å². The standard InChI is InChI=1S/C13H9ClFNO4S.C12H19FOSi.C7H5Cl2NO3S.CH4/c14-9-3-1-8(6-12(9)21(16,19)20)13(18)7-2-4-11(17)10(15)5-7;1-12(2,3)15(4,5)14-11-9-7-6-8-10(11)13;8-5-2-1-4(7(9)11)3-6(5)14(10,12)13;/h1-6,17H,(H2,16,19,20);6-9H,1-5H3;1-3H,(H2,10,12,13);1H4. The second kappa shape index (κ2) is 17.9. The van der Waals surface area contributed by atoms with E-state index in [9.17, 15) is 35.2 Å². The summed E-state index contributed by atoms with van der Waals surface area (Å²) in [5.74, 6) is -2.07. The van der Waals surface area contributed by atoms with Crippen LogP contribution >= 0.6 is 34.8 Å². The van der Waals surface area contributed by atoms with Crippen molar-refractivity contribution in [2.45, 2.75) is 56.1 Å². The van der Waals surface area contributed by atoms with Gasteiger partial charge in [-0.1, -0.05) is 63.5 Å². The molecule has 5 N–H and O–H groups in total. The lowest BCUT2D eigenvalue weighted by atomic mass is 10.0. The Morgan fingerprint density at radius 1 is 0.745 bits per heavy atom. The number of sulfonamides is 2. The Morgan fingerprint density at radius 2 is 1.18 bits per heavy atom. The molecule has 0 bridgehead atoms. The molecular weight excluding hydrogens is 789 g/mol. The predicted octanol–water partition coefficient (Wildman–Crippen LogP) is 8.28. The van der Waals surface area contributed by atoms with Gasteiger partial charge in [-0.2, -0.15) is 0 Å². The average Bonchev–Trinajstić information content (AvgIpc) is 2.98. The van der Waals surface area contributed by atoms with Crippen molar-refractivity contribution in [1.29, 1.82) is 0 Å². The molecule has 0 radical (unpaired) electrons. The molecule has 0 aliphatic heterocycles. The van der Waals surface area contributed by atoms with Crippen molar-refractivity contribution in [1.82, 2.24) is 0 Å². The number of phenolic OH excluding ortho intramolecular Hbond substituents is 1. The number of rotatable bonds is 7. The van der Waals surface area contributed by atoms with E-state index in [0.29, 0.717) is 5.75 Å². The Kier molecular flexibility index (Phi) is 16.0. The first-order valence-electron chi connectivity index (χ1n) is 14.1. The van der Waals surface area contributed by atoms with Crippen LogP contribution in [0.5, 0.6) is 11.5 Å². The number of aromatic hydroxyl groups is 1. The number of hydrogen-bond donors (Lipinski definition) is 3. The SMILES string of the molecule is C.CC(C)(C)[Si](C)(C)Oc1ccccc1F.NS(=O)(=O)c1cc(C(=O)Cl)ccc1Cl.NS(=O)(=O)c1cc(C(=O)c2ccc(O)c(F)c2)ccc1Cl. The largest absolute Gasteiger partial charge is 0.542 e. The molecule has 0 aliphatic rings. The van der Waals surface area contributed by atoms with Gasteiger partial charge in [0.15, 0.2) is 23.2 Å². The van der Waals surface area contributed by atoms with Gasteiger partial charge in [0.05, 0.1) is 10.0 Å². The van der Waals surface area contributed by atoms with Gasteiger partial charge in [0.25, 0.3) is 13.6 Å². The zero-order chi connectivity index (χ0) is 38.4. The Balaban J connectivity index is 0.000000390. The lowest BCUT2D eigenvalue weighted by Gasteiger charge is -2.36. The van der Waals surface area contributed by atoms with E-state index in [-0.39, 0.29) is 49.9 Å². The van der Waals surface area contributed by atoms with Crippen LogP contribution in [0.25, 0.3) is 0 Å². The summed E-state index contributed by atoms with van der Waals surface area (Å²) >= 11 is 16.4. The van der Waals surface area contributed by atoms with Crippen molar-refractivity contribution in [2.24, 2.45) is 10.3 Å². The third kappa shape index (κ3) is 12.9. The third-order valence-electron chi connectivity index (χ3n) is 7.18. The first-order valence-corrected chi connectivity index (χ1v) is 21.2. The fourth-order valence-corrected chi connectivity index (χ4v) is 6.76. The van der Waals surface area contributed by atoms with Crippen LogP contribution in [0.3, 0.4) is 0 Å². The smallest absolute Gasteiger partial charge is 0.252 e. The third-order valence-corrected chi connectivity index (χ3v) is 14.5. The first kappa shape index (κ1) is 45.6. The molecule has 278 valence electrons. The fraction of sp³-hybridized carbons (Fsp3) is 0.212. The van der Waals surface area contributed by atoms with E-state index < -0.39 is 55.9 Å². The fourth-order valence-electron chi connectivity index (χ4n) is 3.48. The molecule has 51 heavy (non-hydrogen) atoms. The number of nitrogens with two attached hydrogens (primary N) is 2. The monoisotopic (exact) mass is 824 g/mol. The molecule has 0 saturated heterocycles. The molecule has 10 nitrogen and oxygen atoms in total. The van der Waals surface area contributed by atoms with Crippen LogP contribution in [-0.2, 0) is 20.0 Å². The highest BCUT2D eigenvalue weighted by Gasteiger charge is 2.39. The quantitative estimate of drug-likeness (QED) is 0.0945. The maximum absolute atomic E-state index is 13.4. The highest BCUT2D eigenvalue weighted by atomic mass is 35.5. The minimum atomic E-state index is -4.08. The molecule has 18 heteroatoms. The molecule has 0 unspecified atom stereocenters. The summed E-state index contributed by atoms with van der Waals surface area (Å²) in [4.78, 5) is 22.2. The van der Waals surface area contributed by atoms with Crippen molar-refractivity contribution < 1.29 is 44.7 Å². The summed E-state index contributed by atoms with van der Waals surface area (Å²) in [6.45, 7) is 10.6. The van der Waals surface area contributed by atoms with Crippen LogP contribution in [0.15, 0.2) is 88.7 Å². The van der Waals surface area contributed by atoms with Crippen molar-refractivity contribution >= 4 is 74.2 Å². The van der Waals surface area contributed by atoms with Crippen molar-refractivity contribution in [3.8, 4) is 11.5 Å². The number of para-hydroxylation sites is 1. The topological polar surface area (TPSA) is 184 Å². The molecule has 0 saturated carbocycles. The second-order valence-corrected chi connectivity index (χ2v) is 20.9. The molecule has 0 fully saturated rings.